The Balaban J connectivity index is 0.00000338. The molecule has 5 nitrogen and oxygen atoms in total. The molecule has 0 aliphatic rings. The first-order valence-corrected chi connectivity index (χ1v) is 8.44. The molecule has 0 bridgehead atoms. The van der Waals surface area contributed by atoms with Crippen LogP contribution in [0.15, 0.2) is 48.5 Å². The molecule has 4 N–H and O–H groups in total. The Morgan fingerprint density at radius 2 is 1.77 bits per heavy atom. The van der Waals surface area contributed by atoms with E-state index in [9.17, 15) is 9.59 Å². The highest BCUT2D eigenvalue weighted by molar-refractivity contribution is 5.97. The van der Waals surface area contributed by atoms with Crippen LogP contribution in [-0.2, 0) is 4.79 Å². The van der Waals surface area contributed by atoms with Crippen molar-refractivity contribution < 1.29 is 9.59 Å². The van der Waals surface area contributed by atoms with Crippen LogP contribution in [0.4, 0.5) is 5.69 Å². The van der Waals surface area contributed by atoms with Crippen molar-refractivity contribution in [1.82, 2.24) is 5.32 Å². The fourth-order valence-corrected chi connectivity index (χ4v) is 2.58. The lowest BCUT2D eigenvalue weighted by Gasteiger charge is -2.20. The van der Waals surface area contributed by atoms with Crippen molar-refractivity contribution >= 4 is 29.9 Å². The van der Waals surface area contributed by atoms with Crippen molar-refractivity contribution in [3.8, 4) is 0 Å². The van der Waals surface area contributed by atoms with Crippen molar-refractivity contribution in [2.75, 3.05) is 11.9 Å². The Morgan fingerprint density at radius 3 is 2.35 bits per heavy atom. The van der Waals surface area contributed by atoms with E-state index in [-0.39, 0.29) is 36.2 Å². The maximum Gasteiger partial charge on any atom is 0.251 e. The Hall–Kier alpha value is -2.37. The number of nitrogens with one attached hydrogen (secondary N) is 2. The van der Waals surface area contributed by atoms with Crippen LogP contribution in [0, 0.1) is 12.8 Å². The number of hydrogen-bond acceptors (Lipinski definition) is 3. The van der Waals surface area contributed by atoms with Crippen molar-refractivity contribution in [2.24, 2.45) is 11.7 Å². The molecule has 0 heterocycles. The van der Waals surface area contributed by atoms with Gasteiger partial charge in [0, 0.05) is 23.8 Å². The van der Waals surface area contributed by atoms with Gasteiger partial charge in [-0.1, -0.05) is 37.3 Å². The molecule has 0 aliphatic heterocycles. The number of amides is 2. The number of aryl methyl sites for hydroxylation is 1. The molecule has 2 amide bonds. The highest BCUT2D eigenvalue weighted by Crippen LogP contribution is 2.22. The Labute approximate surface area is 160 Å². The van der Waals surface area contributed by atoms with Gasteiger partial charge in [-0.25, -0.2) is 0 Å². The minimum Gasteiger partial charge on any atom is -0.352 e. The predicted molar refractivity (Wildman–Crippen MR) is 108 cm³/mol. The standard InChI is InChI=1S/C20H25N3O2.ClH/c1-4-22-20(25)16-10-11-17(13(2)12-16)23-19(24)14(3)18(21)15-8-6-5-7-9-15;/h5-12,14,18H,4,21H2,1-3H3,(H,22,25)(H,23,24);1H. The van der Waals surface area contributed by atoms with Crippen molar-refractivity contribution in [3.63, 3.8) is 0 Å². The number of benzene rings is 2. The quantitative estimate of drug-likeness (QED) is 0.723. The Bertz CT molecular complexity index is 750. The maximum absolute atomic E-state index is 12.5. The summed E-state index contributed by atoms with van der Waals surface area (Å²) in [6.07, 6.45) is 0. The molecule has 2 unspecified atom stereocenters. The molecule has 0 spiro atoms. The molecule has 26 heavy (non-hydrogen) atoms. The SMILES string of the molecule is CCNC(=O)c1ccc(NC(=O)C(C)C(N)c2ccccc2)c(C)c1.Cl. The fraction of sp³-hybridized carbons (Fsp3) is 0.300. The van der Waals surface area contributed by atoms with Crippen molar-refractivity contribution in [3.05, 3.63) is 65.2 Å². The monoisotopic (exact) mass is 375 g/mol. The van der Waals surface area contributed by atoms with E-state index < -0.39 is 0 Å². The molecule has 2 rings (SSSR count). The fourth-order valence-electron chi connectivity index (χ4n) is 2.58. The number of carbonyl (C=O) groups excluding carboxylic acids is 2. The van der Waals surface area contributed by atoms with E-state index in [1.807, 2.05) is 51.1 Å². The Kier molecular flexibility index (Phi) is 8.29. The van der Waals surface area contributed by atoms with E-state index in [1.165, 1.54) is 0 Å². The van der Waals surface area contributed by atoms with Crippen LogP contribution in [0.2, 0.25) is 0 Å². The van der Waals surface area contributed by atoms with E-state index in [0.29, 0.717) is 17.8 Å². The topological polar surface area (TPSA) is 84.2 Å². The molecule has 0 aromatic heterocycles. The van der Waals surface area contributed by atoms with Gasteiger partial charge < -0.3 is 16.4 Å². The van der Waals surface area contributed by atoms with Gasteiger partial charge >= 0.3 is 0 Å². The average molecular weight is 376 g/mol. The van der Waals surface area contributed by atoms with Crippen LogP contribution in [0.3, 0.4) is 0 Å². The first-order valence-electron chi connectivity index (χ1n) is 8.44. The summed E-state index contributed by atoms with van der Waals surface area (Å²) >= 11 is 0. The number of nitrogens with two attached hydrogens (primary N) is 1. The molecule has 2 atom stereocenters. The van der Waals surface area contributed by atoms with Crippen LogP contribution in [0.5, 0.6) is 0 Å². The molecule has 2 aromatic rings. The van der Waals surface area contributed by atoms with Crippen LogP contribution in [-0.4, -0.2) is 18.4 Å². The van der Waals surface area contributed by atoms with Gasteiger partial charge in [-0.05, 0) is 43.2 Å². The second kappa shape index (κ2) is 9.94. The smallest absolute Gasteiger partial charge is 0.251 e. The van der Waals surface area contributed by atoms with Crippen LogP contribution in [0.1, 0.15) is 41.4 Å². The van der Waals surface area contributed by atoms with Crippen LogP contribution < -0.4 is 16.4 Å². The highest BCUT2D eigenvalue weighted by atomic mass is 35.5. The van der Waals surface area contributed by atoms with Crippen molar-refractivity contribution in [1.29, 1.82) is 0 Å². The third-order valence-corrected chi connectivity index (χ3v) is 4.22. The minimum absolute atomic E-state index is 0. The van der Waals surface area contributed by atoms with Crippen molar-refractivity contribution in [2.45, 2.75) is 26.8 Å². The predicted octanol–water partition coefficient (Wildman–Crippen LogP) is 3.44. The van der Waals surface area contributed by atoms with Gasteiger partial charge in [0.1, 0.15) is 0 Å². The molecule has 0 saturated carbocycles. The molecule has 0 aliphatic carbocycles. The lowest BCUT2D eigenvalue weighted by Crippen LogP contribution is -2.30. The first kappa shape index (κ1) is 21.7. The van der Waals surface area contributed by atoms with Crippen LogP contribution in [0.25, 0.3) is 0 Å². The summed E-state index contributed by atoms with van der Waals surface area (Å²) in [4.78, 5) is 24.4. The average Bonchev–Trinajstić information content (AvgIpc) is 2.63. The highest BCUT2D eigenvalue weighted by Gasteiger charge is 2.22. The lowest BCUT2D eigenvalue weighted by atomic mass is 9.94. The van der Waals surface area contributed by atoms with Gasteiger partial charge in [0.25, 0.3) is 5.91 Å². The normalized spacial score (nSPS) is 12.5. The van der Waals surface area contributed by atoms with Gasteiger partial charge in [-0.2, -0.15) is 0 Å². The molecule has 0 radical (unpaired) electrons. The summed E-state index contributed by atoms with van der Waals surface area (Å²) in [6, 6.07) is 14.4. The zero-order chi connectivity index (χ0) is 18.4. The van der Waals surface area contributed by atoms with Gasteiger partial charge in [0.05, 0.1) is 5.92 Å². The summed E-state index contributed by atoms with van der Waals surface area (Å²) in [5.41, 5.74) is 9.23. The number of hydrogen-bond donors (Lipinski definition) is 3. The van der Waals surface area contributed by atoms with E-state index in [2.05, 4.69) is 10.6 Å². The minimum atomic E-state index is -0.384. The van der Waals surface area contributed by atoms with Gasteiger partial charge in [0.15, 0.2) is 0 Å². The lowest BCUT2D eigenvalue weighted by molar-refractivity contribution is -0.120. The van der Waals surface area contributed by atoms with E-state index in [0.717, 1.165) is 11.1 Å². The summed E-state index contributed by atoms with van der Waals surface area (Å²) in [5.74, 6) is -0.655. The molecule has 2 aromatic carbocycles. The molecule has 140 valence electrons. The molecule has 6 heteroatoms. The third-order valence-electron chi connectivity index (χ3n) is 4.22. The summed E-state index contributed by atoms with van der Waals surface area (Å²) in [7, 11) is 0. The van der Waals surface area contributed by atoms with Gasteiger partial charge in [-0.3, -0.25) is 9.59 Å². The number of anilines is 1. The van der Waals surface area contributed by atoms with Gasteiger partial charge in [-0.15, -0.1) is 12.4 Å². The number of rotatable bonds is 6. The first-order chi connectivity index (χ1) is 11.9. The molecular formula is C20H26ClN3O2. The molecule has 0 saturated heterocycles. The van der Waals surface area contributed by atoms with Gasteiger partial charge in [0.2, 0.25) is 5.91 Å². The maximum atomic E-state index is 12.5. The molecule has 0 fully saturated rings. The zero-order valence-electron chi connectivity index (χ0n) is 15.3. The van der Waals surface area contributed by atoms with Crippen LogP contribution >= 0.6 is 12.4 Å². The summed E-state index contributed by atoms with van der Waals surface area (Å²) in [5, 5.41) is 5.67. The second-order valence-electron chi connectivity index (χ2n) is 6.10. The summed E-state index contributed by atoms with van der Waals surface area (Å²) < 4.78 is 0. The van der Waals surface area contributed by atoms with E-state index in [4.69, 9.17) is 5.73 Å². The van der Waals surface area contributed by atoms with E-state index in [1.54, 1.807) is 18.2 Å². The molecular weight excluding hydrogens is 350 g/mol. The number of halogens is 1. The Morgan fingerprint density at radius 1 is 1.12 bits per heavy atom. The summed E-state index contributed by atoms with van der Waals surface area (Å²) in [6.45, 7) is 6.12. The van der Waals surface area contributed by atoms with E-state index >= 15 is 0 Å². The second-order valence-corrected chi connectivity index (χ2v) is 6.10. The largest absolute Gasteiger partial charge is 0.352 e. The number of carbonyl (C=O) groups is 2. The zero-order valence-corrected chi connectivity index (χ0v) is 16.1. The third kappa shape index (κ3) is 5.31.